The van der Waals surface area contributed by atoms with Gasteiger partial charge in [0.25, 0.3) is 5.91 Å². The zero-order valence-corrected chi connectivity index (χ0v) is 14.0. The molecule has 0 aliphatic carbocycles. The first-order chi connectivity index (χ1) is 11.7. The van der Waals surface area contributed by atoms with E-state index in [9.17, 15) is 9.59 Å². The molecule has 4 rings (SSSR count). The summed E-state index contributed by atoms with van der Waals surface area (Å²) < 4.78 is 0. The van der Waals surface area contributed by atoms with E-state index in [1.54, 1.807) is 0 Å². The van der Waals surface area contributed by atoms with E-state index in [4.69, 9.17) is 0 Å². The molecule has 0 aromatic heterocycles. The van der Waals surface area contributed by atoms with Crippen molar-refractivity contribution in [3.63, 3.8) is 0 Å². The molecule has 3 aliphatic heterocycles. The molecule has 3 aliphatic rings. The Kier molecular flexibility index (Phi) is 4.04. The van der Waals surface area contributed by atoms with Crippen molar-refractivity contribution in [2.75, 3.05) is 32.7 Å². The molecule has 1 aromatic rings. The number of nitrogens with one attached hydrogen (secondary N) is 2. The Morgan fingerprint density at radius 3 is 2.67 bits per heavy atom. The lowest BCUT2D eigenvalue weighted by atomic mass is 9.77. The second kappa shape index (κ2) is 6.20. The summed E-state index contributed by atoms with van der Waals surface area (Å²) in [5.74, 6) is 0.761. The van der Waals surface area contributed by atoms with Crippen LogP contribution in [0.5, 0.6) is 0 Å². The Labute approximate surface area is 142 Å². The van der Waals surface area contributed by atoms with E-state index in [0.717, 1.165) is 57.5 Å². The first kappa shape index (κ1) is 15.6. The van der Waals surface area contributed by atoms with E-state index in [1.807, 2.05) is 23.1 Å². The van der Waals surface area contributed by atoms with Gasteiger partial charge in [0.2, 0.25) is 5.91 Å². The fraction of sp³-hybridized carbons (Fsp3) is 0.579. The minimum Gasteiger partial charge on any atom is -0.356 e. The SMILES string of the molecule is O=C1CC2(CCN(C(=O)c3ccccc3C3CCNC3)CC2)CN1. The standard InChI is InChI=1S/C19H25N3O2/c23-17-11-19(13-21-17)6-9-22(10-7-19)18(24)16-4-2-1-3-15(16)14-5-8-20-12-14/h1-4,14,20H,5-13H2,(H,21,23). The second-order valence-electron chi connectivity index (χ2n) is 7.52. The molecule has 1 aromatic carbocycles. The summed E-state index contributed by atoms with van der Waals surface area (Å²) >= 11 is 0. The van der Waals surface area contributed by atoms with Gasteiger partial charge in [0.15, 0.2) is 0 Å². The van der Waals surface area contributed by atoms with Gasteiger partial charge in [-0.25, -0.2) is 0 Å². The average Bonchev–Trinajstić information content (AvgIpc) is 3.26. The highest BCUT2D eigenvalue weighted by molar-refractivity contribution is 5.96. The van der Waals surface area contributed by atoms with Crippen LogP contribution in [0.1, 0.15) is 47.5 Å². The number of piperidine rings is 1. The van der Waals surface area contributed by atoms with Crippen molar-refractivity contribution in [2.45, 2.75) is 31.6 Å². The van der Waals surface area contributed by atoms with Crippen molar-refractivity contribution in [2.24, 2.45) is 5.41 Å². The van der Waals surface area contributed by atoms with Crippen molar-refractivity contribution >= 4 is 11.8 Å². The third-order valence-corrected chi connectivity index (χ3v) is 6.00. The number of hydrogen-bond acceptors (Lipinski definition) is 3. The Hall–Kier alpha value is -1.88. The molecule has 2 N–H and O–H groups in total. The van der Waals surface area contributed by atoms with Crippen LogP contribution < -0.4 is 10.6 Å². The van der Waals surface area contributed by atoms with Gasteiger partial charge in [-0.05, 0) is 48.8 Å². The highest BCUT2D eigenvalue weighted by Gasteiger charge is 2.42. The predicted molar refractivity (Wildman–Crippen MR) is 91.9 cm³/mol. The molecule has 24 heavy (non-hydrogen) atoms. The van der Waals surface area contributed by atoms with Crippen LogP contribution in [0.25, 0.3) is 0 Å². The molecule has 2 amide bonds. The summed E-state index contributed by atoms with van der Waals surface area (Å²) in [5, 5.41) is 6.34. The molecule has 0 radical (unpaired) electrons. The van der Waals surface area contributed by atoms with Crippen LogP contribution in [0, 0.1) is 5.41 Å². The van der Waals surface area contributed by atoms with Crippen LogP contribution in [0.3, 0.4) is 0 Å². The van der Waals surface area contributed by atoms with Crippen molar-refractivity contribution < 1.29 is 9.59 Å². The van der Waals surface area contributed by atoms with Crippen LogP contribution in [0.2, 0.25) is 0 Å². The number of carbonyl (C=O) groups excluding carboxylic acids is 2. The smallest absolute Gasteiger partial charge is 0.254 e. The summed E-state index contributed by atoms with van der Waals surface area (Å²) in [7, 11) is 0. The lowest BCUT2D eigenvalue weighted by molar-refractivity contribution is -0.119. The number of amides is 2. The maximum atomic E-state index is 13.1. The highest BCUT2D eigenvalue weighted by atomic mass is 16.2. The van der Waals surface area contributed by atoms with Gasteiger partial charge in [-0.15, -0.1) is 0 Å². The molecule has 3 fully saturated rings. The molecule has 3 heterocycles. The Bertz CT molecular complexity index is 644. The van der Waals surface area contributed by atoms with Crippen LogP contribution in [-0.4, -0.2) is 49.4 Å². The van der Waals surface area contributed by atoms with Gasteiger partial charge in [-0.1, -0.05) is 18.2 Å². The minimum absolute atomic E-state index is 0.0861. The number of nitrogens with zero attached hydrogens (tertiary/aromatic N) is 1. The van der Waals surface area contributed by atoms with Crippen molar-refractivity contribution in [1.29, 1.82) is 0 Å². The fourth-order valence-corrected chi connectivity index (χ4v) is 4.43. The molecule has 5 heteroatoms. The quantitative estimate of drug-likeness (QED) is 0.865. The van der Waals surface area contributed by atoms with Gasteiger partial charge in [-0.3, -0.25) is 9.59 Å². The summed E-state index contributed by atoms with van der Waals surface area (Å²) in [6.07, 6.45) is 3.57. The zero-order chi connectivity index (χ0) is 16.6. The first-order valence-corrected chi connectivity index (χ1v) is 9.03. The lowest BCUT2D eigenvalue weighted by Crippen LogP contribution is -2.44. The highest BCUT2D eigenvalue weighted by Crippen LogP contribution is 2.38. The summed E-state index contributed by atoms with van der Waals surface area (Å²) in [4.78, 5) is 26.6. The van der Waals surface area contributed by atoms with Crippen molar-refractivity contribution in [3.8, 4) is 0 Å². The molecular formula is C19H25N3O2. The van der Waals surface area contributed by atoms with Gasteiger partial charge >= 0.3 is 0 Å². The van der Waals surface area contributed by atoms with E-state index in [2.05, 4.69) is 16.7 Å². The topological polar surface area (TPSA) is 61.4 Å². The predicted octanol–water partition coefficient (Wildman–Crippen LogP) is 1.51. The molecule has 0 bridgehead atoms. The third kappa shape index (κ3) is 2.81. The maximum Gasteiger partial charge on any atom is 0.254 e. The molecule has 128 valence electrons. The second-order valence-corrected chi connectivity index (χ2v) is 7.52. The summed E-state index contributed by atoms with van der Waals surface area (Å²) in [6, 6.07) is 8.08. The van der Waals surface area contributed by atoms with Gasteiger partial charge in [0.05, 0.1) is 0 Å². The largest absolute Gasteiger partial charge is 0.356 e. The number of rotatable bonds is 2. The summed E-state index contributed by atoms with van der Waals surface area (Å²) in [6.45, 7) is 4.27. The molecule has 1 atom stereocenters. The molecule has 1 spiro atoms. The molecule has 0 saturated carbocycles. The number of carbonyl (C=O) groups is 2. The number of hydrogen-bond donors (Lipinski definition) is 2. The Morgan fingerprint density at radius 2 is 2.00 bits per heavy atom. The van der Waals surface area contributed by atoms with Crippen LogP contribution in [0.4, 0.5) is 0 Å². The molecular weight excluding hydrogens is 302 g/mol. The monoisotopic (exact) mass is 327 g/mol. The van der Waals surface area contributed by atoms with Crippen LogP contribution in [-0.2, 0) is 4.79 Å². The van der Waals surface area contributed by atoms with E-state index < -0.39 is 0 Å². The number of likely N-dealkylation sites (tertiary alicyclic amines) is 1. The van der Waals surface area contributed by atoms with E-state index in [-0.39, 0.29) is 17.2 Å². The molecule has 5 nitrogen and oxygen atoms in total. The first-order valence-electron chi connectivity index (χ1n) is 9.03. The van der Waals surface area contributed by atoms with Gasteiger partial charge in [0.1, 0.15) is 0 Å². The molecule has 1 unspecified atom stereocenters. The average molecular weight is 327 g/mol. The van der Waals surface area contributed by atoms with Crippen LogP contribution in [0.15, 0.2) is 24.3 Å². The van der Waals surface area contributed by atoms with Crippen LogP contribution >= 0.6 is 0 Å². The molecule has 3 saturated heterocycles. The van der Waals surface area contributed by atoms with Crippen molar-refractivity contribution in [3.05, 3.63) is 35.4 Å². The Balaban J connectivity index is 1.48. The summed E-state index contributed by atoms with van der Waals surface area (Å²) in [5.41, 5.74) is 2.14. The van der Waals surface area contributed by atoms with Gasteiger partial charge < -0.3 is 15.5 Å². The van der Waals surface area contributed by atoms with Gasteiger partial charge in [0, 0.05) is 38.2 Å². The zero-order valence-electron chi connectivity index (χ0n) is 14.0. The lowest BCUT2D eigenvalue weighted by Gasteiger charge is -2.38. The fourth-order valence-electron chi connectivity index (χ4n) is 4.43. The van der Waals surface area contributed by atoms with Gasteiger partial charge in [-0.2, -0.15) is 0 Å². The van der Waals surface area contributed by atoms with E-state index in [1.165, 1.54) is 5.56 Å². The minimum atomic E-state index is 0.0861. The third-order valence-electron chi connectivity index (χ3n) is 6.00. The normalized spacial score (nSPS) is 25.9. The Morgan fingerprint density at radius 1 is 1.21 bits per heavy atom. The van der Waals surface area contributed by atoms with E-state index >= 15 is 0 Å². The maximum absolute atomic E-state index is 13.1. The van der Waals surface area contributed by atoms with Crippen molar-refractivity contribution in [1.82, 2.24) is 15.5 Å². The van der Waals surface area contributed by atoms with E-state index in [0.29, 0.717) is 12.3 Å². The number of benzene rings is 1.